The molecule has 0 bridgehead atoms. The van der Waals surface area contributed by atoms with E-state index in [0.29, 0.717) is 25.6 Å². The second-order valence-corrected chi connectivity index (χ2v) is 10.4. The van der Waals surface area contributed by atoms with Crippen LogP contribution in [0.25, 0.3) is 0 Å². The molecular weight excluding hydrogens is 408 g/mol. The van der Waals surface area contributed by atoms with E-state index < -0.39 is 11.5 Å². The Balaban J connectivity index is 1.23. The largest absolute Gasteiger partial charge is 0.444 e. The van der Waals surface area contributed by atoms with Gasteiger partial charge in [0.1, 0.15) is 11.8 Å². The summed E-state index contributed by atoms with van der Waals surface area (Å²) >= 11 is 0. The zero-order valence-corrected chi connectivity index (χ0v) is 18.8. The number of alkyl halides is 2. The lowest BCUT2D eigenvalue weighted by Gasteiger charge is -2.38. The summed E-state index contributed by atoms with van der Waals surface area (Å²) < 4.78 is 32.7. The fourth-order valence-electron chi connectivity index (χ4n) is 5.10. The first-order valence-electron chi connectivity index (χ1n) is 11.6. The molecular formula is C21H37F2N5O3. The molecule has 3 N–H and O–H groups in total. The molecule has 4 heterocycles. The van der Waals surface area contributed by atoms with E-state index in [2.05, 4.69) is 16.1 Å². The maximum atomic E-state index is 13.6. The van der Waals surface area contributed by atoms with Crippen LogP contribution in [0, 0.1) is 11.8 Å². The van der Waals surface area contributed by atoms with Gasteiger partial charge in [0.2, 0.25) is 0 Å². The van der Waals surface area contributed by atoms with Gasteiger partial charge in [0.25, 0.3) is 5.92 Å². The van der Waals surface area contributed by atoms with Crippen molar-refractivity contribution < 1.29 is 23.1 Å². The molecule has 4 saturated heterocycles. The number of nitrogens with zero attached hydrogens (tertiary/aromatic N) is 2. The highest BCUT2D eigenvalue weighted by molar-refractivity contribution is 5.68. The zero-order valence-electron chi connectivity index (χ0n) is 18.8. The third kappa shape index (κ3) is 5.84. The van der Waals surface area contributed by atoms with Crippen molar-refractivity contribution in [1.29, 1.82) is 0 Å². The van der Waals surface area contributed by atoms with Crippen LogP contribution in [0.4, 0.5) is 13.6 Å². The number of hydroxylamine groups is 1. The maximum absolute atomic E-state index is 13.6. The lowest BCUT2D eigenvalue weighted by molar-refractivity contribution is -0.0388. The van der Waals surface area contributed by atoms with Gasteiger partial charge in [-0.1, -0.05) is 0 Å². The molecule has 0 aromatic rings. The minimum absolute atomic E-state index is 0.0198. The summed E-state index contributed by atoms with van der Waals surface area (Å²) in [7, 11) is 0. The van der Waals surface area contributed by atoms with Crippen LogP contribution < -0.4 is 16.1 Å². The Morgan fingerprint density at radius 2 is 1.87 bits per heavy atom. The van der Waals surface area contributed by atoms with Gasteiger partial charge in [-0.3, -0.25) is 15.1 Å². The van der Waals surface area contributed by atoms with Crippen molar-refractivity contribution in [2.75, 3.05) is 32.7 Å². The first-order valence-corrected chi connectivity index (χ1v) is 11.6. The van der Waals surface area contributed by atoms with E-state index in [-0.39, 0.29) is 43.5 Å². The van der Waals surface area contributed by atoms with Crippen molar-refractivity contribution in [2.45, 2.75) is 83.0 Å². The number of ether oxygens (including phenoxy) is 1. The number of halogens is 2. The Kier molecular flexibility index (Phi) is 6.75. The number of likely N-dealkylation sites (tertiary alicyclic amines) is 2. The molecule has 4 aliphatic rings. The Labute approximate surface area is 183 Å². The van der Waals surface area contributed by atoms with Crippen molar-refractivity contribution in [3.05, 3.63) is 0 Å². The summed E-state index contributed by atoms with van der Waals surface area (Å²) in [4.78, 5) is 21.8. The van der Waals surface area contributed by atoms with Crippen LogP contribution in [0.1, 0.15) is 52.9 Å². The monoisotopic (exact) mass is 445 g/mol. The predicted molar refractivity (Wildman–Crippen MR) is 111 cm³/mol. The summed E-state index contributed by atoms with van der Waals surface area (Å²) in [6.07, 6.45) is 3.07. The highest BCUT2D eigenvalue weighted by Gasteiger charge is 2.44. The predicted octanol–water partition coefficient (Wildman–Crippen LogP) is 2.08. The molecule has 4 rings (SSSR count). The summed E-state index contributed by atoms with van der Waals surface area (Å²) in [5.41, 5.74) is 2.67. The average molecular weight is 446 g/mol. The molecule has 4 aliphatic heterocycles. The quantitative estimate of drug-likeness (QED) is 0.614. The number of amides is 1. The highest BCUT2D eigenvalue weighted by Crippen LogP contribution is 2.32. The second-order valence-electron chi connectivity index (χ2n) is 10.4. The number of hydrogen-bond acceptors (Lipinski definition) is 7. The Bertz CT molecular complexity index is 639. The normalized spacial score (nSPS) is 35.5. The average Bonchev–Trinajstić information content (AvgIpc) is 3.34. The first-order chi connectivity index (χ1) is 14.6. The van der Waals surface area contributed by atoms with Crippen molar-refractivity contribution >= 4 is 6.09 Å². The minimum atomic E-state index is -2.57. The van der Waals surface area contributed by atoms with E-state index in [1.54, 1.807) is 4.90 Å². The number of hydrogen-bond donors (Lipinski definition) is 3. The standard InChI is InChI=1S/C21H37F2N5O3/c1-20(2,3)30-19(29)27-9-5-14(6-10-27)17-25-18(31-26-17)15-4-8-24-16(12-15)28-11-7-21(22,23)13-28/h14-18,24-26H,4-13H2,1-3H3. The Morgan fingerprint density at radius 3 is 2.52 bits per heavy atom. The molecule has 1 amide bonds. The lowest BCUT2D eigenvalue weighted by Crippen LogP contribution is -2.53. The Hall–Kier alpha value is -1.07. The highest BCUT2D eigenvalue weighted by atomic mass is 19.3. The SMILES string of the molecule is CC(C)(C)OC(=O)N1CCC(C2NOC(C3CCNC(N4CCC(F)(F)C4)C3)N2)CC1. The fraction of sp³-hybridized carbons (Fsp3) is 0.952. The molecule has 8 nitrogen and oxygen atoms in total. The zero-order chi connectivity index (χ0) is 22.2. The number of carbonyl (C=O) groups excluding carboxylic acids is 1. The van der Waals surface area contributed by atoms with Crippen molar-refractivity contribution in [2.24, 2.45) is 11.8 Å². The molecule has 0 aliphatic carbocycles. The van der Waals surface area contributed by atoms with Crippen LogP contribution in [0.5, 0.6) is 0 Å². The molecule has 0 radical (unpaired) electrons. The van der Waals surface area contributed by atoms with Crippen LogP contribution in [-0.4, -0.2) is 78.7 Å². The Morgan fingerprint density at radius 1 is 1.13 bits per heavy atom. The molecule has 0 aromatic carbocycles. The van der Waals surface area contributed by atoms with E-state index in [0.717, 1.165) is 32.2 Å². The fourth-order valence-corrected chi connectivity index (χ4v) is 5.10. The third-order valence-corrected chi connectivity index (χ3v) is 6.82. The summed E-state index contributed by atoms with van der Waals surface area (Å²) in [6, 6.07) is 0. The van der Waals surface area contributed by atoms with Gasteiger partial charge in [-0.15, -0.1) is 0 Å². The van der Waals surface area contributed by atoms with Crippen LogP contribution in [0.2, 0.25) is 0 Å². The lowest BCUT2D eigenvalue weighted by atomic mass is 9.91. The van der Waals surface area contributed by atoms with Gasteiger partial charge >= 0.3 is 6.09 Å². The number of nitrogens with one attached hydrogen (secondary N) is 3. The van der Waals surface area contributed by atoms with Crippen LogP contribution in [-0.2, 0) is 9.57 Å². The van der Waals surface area contributed by atoms with E-state index in [4.69, 9.17) is 9.57 Å². The third-order valence-electron chi connectivity index (χ3n) is 6.82. The van der Waals surface area contributed by atoms with Crippen LogP contribution in [0.3, 0.4) is 0 Å². The van der Waals surface area contributed by atoms with Crippen LogP contribution >= 0.6 is 0 Å². The second kappa shape index (κ2) is 9.05. The smallest absolute Gasteiger partial charge is 0.410 e. The summed E-state index contributed by atoms with van der Waals surface area (Å²) in [6.45, 7) is 8.05. The molecule has 0 saturated carbocycles. The van der Waals surface area contributed by atoms with Gasteiger partial charge in [-0.25, -0.2) is 13.6 Å². The molecule has 4 atom stereocenters. The topological polar surface area (TPSA) is 78.1 Å². The number of rotatable bonds is 3. The van der Waals surface area contributed by atoms with E-state index in [1.165, 1.54) is 0 Å². The number of piperidine rings is 2. The van der Waals surface area contributed by atoms with E-state index in [9.17, 15) is 13.6 Å². The summed E-state index contributed by atoms with van der Waals surface area (Å²) in [5, 5.41) is 6.98. The maximum Gasteiger partial charge on any atom is 0.410 e. The summed E-state index contributed by atoms with van der Waals surface area (Å²) in [5.74, 6) is -1.95. The van der Waals surface area contributed by atoms with Gasteiger partial charge in [0.15, 0.2) is 0 Å². The molecule has 0 aromatic heterocycles. The molecule has 178 valence electrons. The molecule has 0 spiro atoms. The molecule has 31 heavy (non-hydrogen) atoms. The van der Waals surface area contributed by atoms with Crippen LogP contribution in [0.15, 0.2) is 0 Å². The van der Waals surface area contributed by atoms with E-state index in [1.807, 2.05) is 25.7 Å². The first kappa shape index (κ1) is 23.1. The van der Waals surface area contributed by atoms with E-state index >= 15 is 0 Å². The molecule has 4 unspecified atom stereocenters. The number of carbonyl (C=O) groups is 1. The van der Waals surface area contributed by atoms with Gasteiger partial charge in [0, 0.05) is 32.0 Å². The van der Waals surface area contributed by atoms with Crippen molar-refractivity contribution in [3.8, 4) is 0 Å². The van der Waals surface area contributed by atoms with Crippen molar-refractivity contribution in [3.63, 3.8) is 0 Å². The molecule has 4 fully saturated rings. The van der Waals surface area contributed by atoms with Gasteiger partial charge in [-0.05, 0) is 58.9 Å². The van der Waals surface area contributed by atoms with Gasteiger partial charge < -0.3 is 15.0 Å². The van der Waals surface area contributed by atoms with Gasteiger partial charge in [-0.2, -0.15) is 5.48 Å². The molecule has 10 heteroatoms. The van der Waals surface area contributed by atoms with Crippen molar-refractivity contribution in [1.82, 2.24) is 25.9 Å². The minimum Gasteiger partial charge on any atom is -0.444 e. The van der Waals surface area contributed by atoms with Gasteiger partial charge in [0.05, 0.1) is 18.9 Å².